The van der Waals surface area contributed by atoms with E-state index in [-0.39, 0.29) is 16.8 Å². The Balaban J connectivity index is 1.51. The van der Waals surface area contributed by atoms with Gasteiger partial charge in [-0.15, -0.1) is 10.2 Å². The van der Waals surface area contributed by atoms with Gasteiger partial charge in [-0.1, -0.05) is 19.4 Å². The summed E-state index contributed by atoms with van der Waals surface area (Å²) >= 11 is 0. The van der Waals surface area contributed by atoms with Gasteiger partial charge in [-0.3, -0.25) is 0 Å². The minimum Gasteiger partial charge on any atom is -0.425 e. The van der Waals surface area contributed by atoms with Crippen molar-refractivity contribution in [2.75, 3.05) is 18.0 Å². The second-order valence-corrected chi connectivity index (χ2v) is 7.06. The Bertz CT molecular complexity index is 936. The average molecular weight is 342 g/mol. The molecule has 2 atom stereocenters. The molecule has 7 heteroatoms. The molecule has 0 spiro atoms. The molecule has 1 aromatic carbocycles. The maximum absolute atomic E-state index is 13.9. The number of halogens is 1. The first-order valence-electron chi connectivity index (χ1n) is 8.82. The lowest BCUT2D eigenvalue weighted by atomic mass is 9.80. The molecular weight excluding hydrogens is 323 g/mol. The van der Waals surface area contributed by atoms with Crippen molar-refractivity contribution in [3.8, 4) is 0 Å². The second kappa shape index (κ2) is 5.28. The van der Waals surface area contributed by atoms with Gasteiger partial charge in [0.25, 0.3) is 6.01 Å². The van der Waals surface area contributed by atoms with Gasteiger partial charge in [-0.05, 0) is 30.9 Å². The molecule has 1 aliphatic heterocycles. The Hall–Kier alpha value is -2.44. The number of rotatable bonds is 3. The number of para-hydroxylation sites is 1. The van der Waals surface area contributed by atoms with Crippen LogP contribution >= 0.6 is 0 Å². The van der Waals surface area contributed by atoms with Crippen LogP contribution in [0.3, 0.4) is 0 Å². The van der Waals surface area contributed by atoms with Crippen molar-refractivity contribution in [2.45, 2.75) is 38.0 Å². The fourth-order valence-electron chi connectivity index (χ4n) is 4.42. The number of hydrogen-bond acceptors (Lipinski definition) is 6. The third-order valence-corrected chi connectivity index (χ3v) is 5.69. The van der Waals surface area contributed by atoms with E-state index in [9.17, 15) is 4.39 Å². The van der Waals surface area contributed by atoms with Crippen LogP contribution < -0.4 is 4.90 Å². The summed E-state index contributed by atoms with van der Waals surface area (Å²) in [6, 6.07) is 5.28. The van der Waals surface area contributed by atoms with Crippen LogP contribution in [-0.4, -0.2) is 28.3 Å². The largest absolute Gasteiger partial charge is 0.425 e. The van der Waals surface area contributed by atoms with Crippen molar-refractivity contribution in [1.29, 1.82) is 0 Å². The van der Waals surface area contributed by atoms with Crippen molar-refractivity contribution >= 4 is 17.1 Å². The Labute approximate surface area is 144 Å². The number of anilines is 1. The van der Waals surface area contributed by atoms with Gasteiger partial charge in [0.05, 0.1) is 5.41 Å². The molecule has 0 bridgehead atoms. The smallest absolute Gasteiger partial charge is 0.298 e. The summed E-state index contributed by atoms with van der Waals surface area (Å²) in [5, 5.41) is 8.49. The SMILES string of the molecule is CCc1nnc([C@]23CCC[C@H]2CN(c2nc4cccc(F)c4o2)C3)o1. The zero-order valence-electron chi connectivity index (χ0n) is 14.0. The van der Waals surface area contributed by atoms with Crippen molar-refractivity contribution in [3.05, 3.63) is 35.8 Å². The number of nitrogens with zero attached hydrogens (tertiary/aromatic N) is 4. The molecule has 2 fully saturated rings. The second-order valence-electron chi connectivity index (χ2n) is 7.06. The van der Waals surface area contributed by atoms with Crippen LogP contribution in [0.2, 0.25) is 0 Å². The molecule has 3 heterocycles. The number of hydrogen-bond donors (Lipinski definition) is 0. The van der Waals surface area contributed by atoms with Gasteiger partial charge in [0.2, 0.25) is 11.8 Å². The zero-order valence-corrected chi connectivity index (χ0v) is 14.0. The lowest BCUT2D eigenvalue weighted by Crippen LogP contribution is -2.32. The fraction of sp³-hybridized carbons (Fsp3) is 0.500. The van der Waals surface area contributed by atoms with E-state index in [0.717, 1.165) is 44.7 Å². The van der Waals surface area contributed by atoms with Crippen molar-refractivity contribution < 1.29 is 13.2 Å². The van der Waals surface area contributed by atoms with E-state index in [1.807, 2.05) is 6.92 Å². The third kappa shape index (κ3) is 2.11. The van der Waals surface area contributed by atoms with Crippen LogP contribution in [0.25, 0.3) is 11.1 Å². The maximum atomic E-state index is 13.9. The summed E-state index contributed by atoms with van der Waals surface area (Å²) < 4.78 is 25.6. The molecule has 5 rings (SSSR count). The summed E-state index contributed by atoms with van der Waals surface area (Å²) in [4.78, 5) is 6.58. The highest BCUT2D eigenvalue weighted by Crippen LogP contribution is 2.51. The molecule has 130 valence electrons. The van der Waals surface area contributed by atoms with Gasteiger partial charge in [-0.25, -0.2) is 4.39 Å². The van der Waals surface area contributed by atoms with Crippen LogP contribution in [0.1, 0.15) is 38.0 Å². The molecule has 0 amide bonds. The van der Waals surface area contributed by atoms with Crippen molar-refractivity contribution in [3.63, 3.8) is 0 Å². The first-order chi connectivity index (χ1) is 12.2. The molecule has 2 aliphatic rings. The van der Waals surface area contributed by atoms with Crippen LogP contribution in [0, 0.1) is 11.7 Å². The van der Waals surface area contributed by atoms with Gasteiger partial charge in [0.15, 0.2) is 11.4 Å². The third-order valence-electron chi connectivity index (χ3n) is 5.69. The normalized spacial score (nSPS) is 25.8. The van der Waals surface area contributed by atoms with Crippen molar-refractivity contribution in [1.82, 2.24) is 15.2 Å². The predicted octanol–water partition coefficient (Wildman–Crippen LogP) is 3.47. The molecule has 1 saturated heterocycles. The molecule has 1 aliphatic carbocycles. The van der Waals surface area contributed by atoms with E-state index in [4.69, 9.17) is 8.83 Å². The number of aryl methyl sites for hydroxylation is 1. The summed E-state index contributed by atoms with van der Waals surface area (Å²) in [6.45, 7) is 3.55. The molecule has 25 heavy (non-hydrogen) atoms. The molecule has 2 aromatic heterocycles. The van der Waals surface area contributed by atoms with E-state index in [2.05, 4.69) is 20.1 Å². The van der Waals surface area contributed by atoms with E-state index >= 15 is 0 Å². The van der Waals surface area contributed by atoms with E-state index < -0.39 is 0 Å². The number of aromatic nitrogens is 3. The number of benzene rings is 1. The van der Waals surface area contributed by atoms with Crippen LogP contribution in [-0.2, 0) is 11.8 Å². The Morgan fingerprint density at radius 3 is 3.04 bits per heavy atom. The minimum absolute atomic E-state index is 0.139. The maximum Gasteiger partial charge on any atom is 0.298 e. The molecule has 3 aromatic rings. The summed E-state index contributed by atoms with van der Waals surface area (Å²) in [5.41, 5.74) is 0.626. The minimum atomic E-state index is -0.380. The molecule has 1 saturated carbocycles. The topological polar surface area (TPSA) is 68.2 Å². The van der Waals surface area contributed by atoms with Crippen molar-refractivity contribution in [2.24, 2.45) is 5.92 Å². The lowest BCUT2D eigenvalue weighted by Gasteiger charge is -2.23. The van der Waals surface area contributed by atoms with Crippen LogP contribution in [0.15, 0.2) is 27.0 Å². The summed E-state index contributed by atoms with van der Waals surface area (Å²) in [5.74, 6) is 1.46. The lowest BCUT2D eigenvalue weighted by molar-refractivity contribution is 0.296. The van der Waals surface area contributed by atoms with E-state index in [1.54, 1.807) is 12.1 Å². The Morgan fingerprint density at radius 2 is 2.24 bits per heavy atom. The van der Waals surface area contributed by atoms with Gasteiger partial charge in [0.1, 0.15) is 5.52 Å². The van der Waals surface area contributed by atoms with E-state index in [0.29, 0.717) is 23.3 Å². The fourth-order valence-corrected chi connectivity index (χ4v) is 4.42. The predicted molar refractivity (Wildman–Crippen MR) is 88.9 cm³/mol. The van der Waals surface area contributed by atoms with Gasteiger partial charge in [0, 0.05) is 19.5 Å². The number of oxazole rings is 1. The molecular formula is C18H19FN4O2. The molecule has 6 nitrogen and oxygen atoms in total. The number of fused-ring (bicyclic) bond motifs is 2. The van der Waals surface area contributed by atoms with E-state index in [1.165, 1.54) is 6.07 Å². The average Bonchev–Trinajstić information content (AvgIpc) is 3.35. The van der Waals surface area contributed by atoms with Gasteiger partial charge >= 0.3 is 0 Å². The molecule has 0 N–H and O–H groups in total. The molecule has 0 radical (unpaired) electrons. The summed E-state index contributed by atoms with van der Waals surface area (Å²) in [6.07, 6.45) is 4.04. The summed E-state index contributed by atoms with van der Waals surface area (Å²) in [7, 11) is 0. The highest BCUT2D eigenvalue weighted by molar-refractivity contribution is 5.75. The Kier molecular flexibility index (Phi) is 3.14. The first-order valence-corrected chi connectivity index (χ1v) is 8.82. The monoisotopic (exact) mass is 342 g/mol. The standard InChI is InChI=1S/C18H19FN4O2/c1-2-14-21-22-16(24-14)18-8-4-5-11(18)9-23(10-18)17-20-13-7-3-6-12(19)15(13)25-17/h3,6-7,11H,2,4-5,8-10H2,1H3/t11-,18-/m0/s1. The van der Waals surface area contributed by atoms with Gasteiger partial charge < -0.3 is 13.7 Å². The zero-order chi connectivity index (χ0) is 17.0. The molecule has 0 unspecified atom stereocenters. The first kappa shape index (κ1) is 14.9. The van der Waals surface area contributed by atoms with Gasteiger partial charge in [-0.2, -0.15) is 4.98 Å². The van der Waals surface area contributed by atoms with Crippen LogP contribution in [0.5, 0.6) is 0 Å². The Morgan fingerprint density at radius 1 is 1.32 bits per heavy atom. The highest BCUT2D eigenvalue weighted by Gasteiger charge is 2.55. The van der Waals surface area contributed by atoms with Crippen LogP contribution in [0.4, 0.5) is 10.4 Å². The highest BCUT2D eigenvalue weighted by atomic mass is 19.1. The quantitative estimate of drug-likeness (QED) is 0.726.